The molecule has 0 bridgehead atoms. The number of hydrogen-bond donors (Lipinski definition) is 1. The first-order chi connectivity index (χ1) is 6.67. The Morgan fingerprint density at radius 1 is 1.36 bits per heavy atom. The number of rotatable bonds is 4. The van der Waals surface area contributed by atoms with E-state index >= 15 is 0 Å². The van der Waals surface area contributed by atoms with Gasteiger partial charge in [0, 0.05) is 13.1 Å². The first-order valence-corrected chi connectivity index (χ1v) is 4.79. The topological polar surface area (TPSA) is 62.1 Å². The molecule has 0 atom stereocenters. The molecule has 1 rings (SSSR count). The van der Waals surface area contributed by atoms with Gasteiger partial charge in [0.1, 0.15) is 5.82 Å². The van der Waals surface area contributed by atoms with E-state index in [1.54, 1.807) is 6.92 Å². The third kappa shape index (κ3) is 2.78. The molecule has 1 N–H and O–H groups in total. The van der Waals surface area contributed by atoms with Gasteiger partial charge in [0.15, 0.2) is 0 Å². The zero-order chi connectivity index (χ0) is 10.6. The van der Waals surface area contributed by atoms with Crippen molar-refractivity contribution in [3.8, 4) is 0 Å². The smallest absolute Gasteiger partial charge is 0.229 e. The van der Waals surface area contributed by atoms with Crippen molar-refractivity contribution in [2.45, 2.75) is 13.8 Å². The Morgan fingerprint density at radius 3 is 2.57 bits per heavy atom. The normalized spacial score (nSPS) is 10.3. The lowest BCUT2D eigenvalue weighted by atomic mass is 10.5. The highest BCUT2D eigenvalue weighted by Crippen LogP contribution is 2.09. The van der Waals surface area contributed by atoms with Gasteiger partial charge in [-0.3, -0.25) is 0 Å². The summed E-state index contributed by atoms with van der Waals surface area (Å²) in [7, 11) is 0. The van der Waals surface area contributed by atoms with Crippen molar-refractivity contribution in [3.63, 3.8) is 0 Å². The molecule has 0 aliphatic rings. The van der Waals surface area contributed by atoms with Gasteiger partial charge in [0.2, 0.25) is 11.2 Å². The molecule has 0 radical (unpaired) electrons. The lowest BCUT2D eigenvalue weighted by Gasteiger charge is -2.19. The Bertz CT molecular complexity index is 287. The molecule has 1 aromatic rings. The number of aliphatic hydroxyl groups is 1. The molecule has 1 heterocycles. The van der Waals surface area contributed by atoms with E-state index in [1.165, 1.54) is 0 Å². The van der Waals surface area contributed by atoms with Crippen molar-refractivity contribution in [1.82, 2.24) is 15.0 Å². The largest absolute Gasteiger partial charge is 0.395 e. The van der Waals surface area contributed by atoms with Gasteiger partial charge in [-0.25, -0.2) is 4.98 Å². The monoisotopic (exact) mass is 216 g/mol. The molecule has 14 heavy (non-hydrogen) atoms. The van der Waals surface area contributed by atoms with Gasteiger partial charge in [0.05, 0.1) is 6.61 Å². The van der Waals surface area contributed by atoms with Crippen molar-refractivity contribution in [1.29, 1.82) is 0 Å². The number of aromatic nitrogens is 3. The van der Waals surface area contributed by atoms with Gasteiger partial charge in [0.25, 0.3) is 0 Å². The van der Waals surface area contributed by atoms with Crippen LogP contribution in [-0.4, -0.2) is 39.8 Å². The molecule has 0 saturated heterocycles. The molecular weight excluding hydrogens is 204 g/mol. The number of hydrogen-bond acceptors (Lipinski definition) is 5. The fourth-order valence-electron chi connectivity index (χ4n) is 1.10. The van der Waals surface area contributed by atoms with Crippen molar-refractivity contribution in [2.24, 2.45) is 0 Å². The Labute approximate surface area is 87.8 Å². The molecule has 0 spiro atoms. The van der Waals surface area contributed by atoms with Crippen LogP contribution in [0.15, 0.2) is 0 Å². The summed E-state index contributed by atoms with van der Waals surface area (Å²) in [5, 5.41) is 9.01. The molecule has 78 valence electrons. The summed E-state index contributed by atoms with van der Waals surface area (Å²) in [5.74, 6) is 1.09. The van der Waals surface area contributed by atoms with Crippen LogP contribution in [0, 0.1) is 6.92 Å². The molecule has 0 aromatic carbocycles. The second kappa shape index (κ2) is 5.07. The Balaban J connectivity index is 2.91. The van der Waals surface area contributed by atoms with E-state index in [1.807, 2.05) is 11.8 Å². The molecule has 1 aromatic heterocycles. The second-order valence-corrected chi connectivity index (χ2v) is 3.09. The van der Waals surface area contributed by atoms with Crippen LogP contribution in [0.1, 0.15) is 12.7 Å². The van der Waals surface area contributed by atoms with Gasteiger partial charge in [-0.1, -0.05) is 0 Å². The standard InChI is InChI=1S/C8H13ClN4O/c1-3-13(4-5-14)8-11-6(2)10-7(9)12-8/h14H,3-5H2,1-2H3. The summed E-state index contributed by atoms with van der Waals surface area (Å²) in [6.45, 7) is 5.00. The zero-order valence-electron chi connectivity index (χ0n) is 8.24. The van der Waals surface area contributed by atoms with Gasteiger partial charge in [-0.05, 0) is 25.4 Å². The second-order valence-electron chi connectivity index (χ2n) is 2.75. The predicted octanol–water partition coefficient (Wildman–Crippen LogP) is 0.652. The van der Waals surface area contributed by atoms with Crippen molar-refractivity contribution in [2.75, 3.05) is 24.6 Å². The number of aryl methyl sites for hydroxylation is 1. The molecule has 0 aliphatic carbocycles. The number of nitrogens with zero attached hydrogens (tertiary/aromatic N) is 4. The molecule has 0 fully saturated rings. The molecule has 0 amide bonds. The average molecular weight is 217 g/mol. The molecule has 0 unspecified atom stereocenters. The van der Waals surface area contributed by atoms with Crippen LogP contribution >= 0.6 is 11.6 Å². The van der Waals surface area contributed by atoms with E-state index in [4.69, 9.17) is 16.7 Å². The highest BCUT2D eigenvalue weighted by molar-refractivity contribution is 6.28. The summed E-state index contributed by atoms with van der Waals surface area (Å²) >= 11 is 5.70. The Morgan fingerprint density at radius 2 is 2.07 bits per heavy atom. The minimum Gasteiger partial charge on any atom is -0.395 e. The van der Waals surface area contributed by atoms with Crippen molar-refractivity contribution < 1.29 is 5.11 Å². The van der Waals surface area contributed by atoms with Crippen LogP contribution in [0.2, 0.25) is 5.28 Å². The maximum atomic E-state index is 8.82. The highest BCUT2D eigenvalue weighted by atomic mass is 35.5. The first-order valence-electron chi connectivity index (χ1n) is 4.41. The third-order valence-corrected chi connectivity index (χ3v) is 1.91. The Kier molecular flexibility index (Phi) is 4.03. The van der Waals surface area contributed by atoms with Crippen LogP contribution in [0.4, 0.5) is 5.95 Å². The van der Waals surface area contributed by atoms with Crippen LogP contribution < -0.4 is 4.90 Å². The summed E-state index contributed by atoms with van der Waals surface area (Å²) < 4.78 is 0. The van der Waals surface area contributed by atoms with Gasteiger partial charge < -0.3 is 10.0 Å². The predicted molar refractivity (Wildman–Crippen MR) is 54.5 cm³/mol. The van der Waals surface area contributed by atoms with Crippen LogP contribution in [0.3, 0.4) is 0 Å². The molecule has 0 aliphatic heterocycles. The SMILES string of the molecule is CCN(CCO)c1nc(C)nc(Cl)n1. The zero-order valence-corrected chi connectivity index (χ0v) is 8.99. The highest BCUT2D eigenvalue weighted by Gasteiger charge is 2.08. The van der Waals surface area contributed by atoms with Crippen LogP contribution in [0.5, 0.6) is 0 Å². The number of likely N-dealkylation sites (N-methyl/N-ethyl adjacent to an activating group) is 1. The molecule has 6 heteroatoms. The first kappa shape index (κ1) is 11.1. The minimum absolute atomic E-state index is 0.0657. The summed E-state index contributed by atoms with van der Waals surface area (Å²) in [6.07, 6.45) is 0. The number of anilines is 1. The summed E-state index contributed by atoms with van der Waals surface area (Å²) in [5.41, 5.74) is 0. The van der Waals surface area contributed by atoms with E-state index in [0.717, 1.165) is 6.54 Å². The van der Waals surface area contributed by atoms with Gasteiger partial charge in [-0.2, -0.15) is 9.97 Å². The van der Waals surface area contributed by atoms with E-state index in [9.17, 15) is 0 Å². The van der Waals surface area contributed by atoms with E-state index in [0.29, 0.717) is 18.3 Å². The number of aliphatic hydroxyl groups excluding tert-OH is 1. The fraction of sp³-hybridized carbons (Fsp3) is 0.625. The Hall–Kier alpha value is -0.940. The molecule has 0 saturated carbocycles. The maximum absolute atomic E-state index is 8.82. The maximum Gasteiger partial charge on any atom is 0.229 e. The van der Waals surface area contributed by atoms with Gasteiger partial charge in [-0.15, -0.1) is 0 Å². The van der Waals surface area contributed by atoms with E-state index < -0.39 is 0 Å². The lowest BCUT2D eigenvalue weighted by molar-refractivity contribution is 0.301. The fourth-order valence-corrected chi connectivity index (χ4v) is 1.30. The minimum atomic E-state index is 0.0657. The molecular formula is C8H13ClN4O. The lowest BCUT2D eigenvalue weighted by Crippen LogP contribution is -2.28. The van der Waals surface area contributed by atoms with Gasteiger partial charge >= 0.3 is 0 Å². The van der Waals surface area contributed by atoms with Crippen LogP contribution in [0.25, 0.3) is 0 Å². The molecule has 5 nitrogen and oxygen atoms in total. The van der Waals surface area contributed by atoms with Crippen LogP contribution in [-0.2, 0) is 0 Å². The average Bonchev–Trinajstić information content (AvgIpc) is 2.12. The van der Waals surface area contributed by atoms with Crippen molar-refractivity contribution in [3.05, 3.63) is 11.1 Å². The third-order valence-electron chi connectivity index (χ3n) is 1.74. The van der Waals surface area contributed by atoms with E-state index in [2.05, 4.69) is 15.0 Å². The summed E-state index contributed by atoms with van der Waals surface area (Å²) in [6, 6.07) is 0. The number of halogens is 1. The van der Waals surface area contributed by atoms with E-state index in [-0.39, 0.29) is 11.9 Å². The van der Waals surface area contributed by atoms with Crippen molar-refractivity contribution >= 4 is 17.5 Å². The quantitative estimate of drug-likeness (QED) is 0.801. The summed E-state index contributed by atoms with van der Waals surface area (Å²) in [4.78, 5) is 13.8.